The molecule has 0 aliphatic heterocycles. The van der Waals surface area contributed by atoms with Crippen molar-refractivity contribution in [3.8, 4) is 0 Å². The SMILES string of the molecule is CC(C)(C)[C@H](N)C(=O)Nc1cccc(C(=O)c2ccccc2)c1.Cl. The van der Waals surface area contributed by atoms with Crippen LogP contribution in [0.25, 0.3) is 0 Å². The van der Waals surface area contributed by atoms with E-state index in [2.05, 4.69) is 5.32 Å². The highest BCUT2D eigenvalue weighted by atomic mass is 35.5. The van der Waals surface area contributed by atoms with Gasteiger partial charge in [0, 0.05) is 16.8 Å². The summed E-state index contributed by atoms with van der Waals surface area (Å²) in [7, 11) is 0. The highest BCUT2D eigenvalue weighted by Crippen LogP contribution is 2.20. The highest BCUT2D eigenvalue weighted by molar-refractivity contribution is 6.09. The van der Waals surface area contributed by atoms with Crippen molar-refractivity contribution in [2.45, 2.75) is 26.8 Å². The smallest absolute Gasteiger partial charge is 0.241 e. The Bertz CT molecular complexity index is 709. The number of anilines is 1. The molecule has 5 heteroatoms. The molecule has 128 valence electrons. The summed E-state index contributed by atoms with van der Waals surface area (Å²) in [5.74, 6) is -0.344. The van der Waals surface area contributed by atoms with Gasteiger partial charge < -0.3 is 11.1 Å². The van der Waals surface area contributed by atoms with Crippen LogP contribution in [0.15, 0.2) is 54.6 Å². The Labute approximate surface area is 148 Å². The Morgan fingerprint density at radius 1 is 0.958 bits per heavy atom. The van der Waals surface area contributed by atoms with E-state index in [-0.39, 0.29) is 29.5 Å². The number of amides is 1. The van der Waals surface area contributed by atoms with Crippen molar-refractivity contribution in [1.82, 2.24) is 0 Å². The van der Waals surface area contributed by atoms with Gasteiger partial charge in [0.05, 0.1) is 6.04 Å². The second-order valence-corrected chi connectivity index (χ2v) is 6.61. The summed E-state index contributed by atoms with van der Waals surface area (Å²) in [5.41, 5.74) is 7.33. The summed E-state index contributed by atoms with van der Waals surface area (Å²) in [4.78, 5) is 24.6. The Balaban J connectivity index is 0.00000288. The molecule has 3 N–H and O–H groups in total. The van der Waals surface area contributed by atoms with Crippen molar-refractivity contribution >= 4 is 29.8 Å². The van der Waals surface area contributed by atoms with Crippen LogP contribution in [0.5, 0.6) is 0 Å². The van der Waals surface area contributed by atoms with E-state index in [0.717, 1.165) is 0 Å². The van der Waals surface area contributed by atoms with Crippen LogP contribution < -0.4 is 11.1 Å². The molecule has 2 aromatic rings. The van der Waals surface area contributed by atoms with Gasteiger partial charge >= 0.3 is 0 Å². The van der Waals surface area contributed by atoms with E-state index in [4.69, 9.17) is 5.73 Å². The van der Waals surface area contributed by atoms with Crippen LogP contribution in [0.2, 0.25) is 0 Å². The minimum atomic E-state index is -0.629. The van der Waals surface area contributed by atoms with Crippen molar-refractivity contribution in [1.29, 1.82) is 0 Å². The molecule has 24 heavy (non-hydrogen) atoms. The van der Waals surface area contributed by atoms with Gasteiger partial charge in [0.2, 0.25) is 5.91 Å². The van der Waals surface area contributed by atoms with Crippen LogP contribution in [0.1, 0.15) is 36.7 Å². The third-order valence-electron chi connectivity index (χ3n) is 3.64. The number of nitrogens with one attached hydrogen (secondary N) is 1. The molecule has 0 saturated heterocycles. The minimum Gasteiger partial charge on any atom is -0.325 e. The van der Waals surface area contributed by atoms with Crippen LogP contribution in [0.4, 0.5) is 5.69 Å². The fourth-order valence-corrected chi connectivity index (χ4v) is 2.11. The highest BCUT2D eigenvalue weighted by Gasteiger charge is 2.27. The van der Waals surface area contributed by atoms with Gasteiger partial charge in [0.25, 0.3) is 0 Å². The number of hydrogen-bond acceptors (Lipinski definition) is 3. The largest absolute Gasteiger partial charge is 0.325 e. The monoisotopic (exact) mass is 346 g/mol. The van der Waals surface area contributed by atoms with Gasteiger partial charge in [-0.1, -0.05) is 63.2 Å². The molecule has 2 aromatic carbocycles. The summed E-state index contributed by atoms with van der Waals surface area (Å²) in [5, 5.41) is 2.78. The molecular weight excluding hydrogens is 324 g/mol. The number of carbonyl (C=O) groups excluding carboxylic acids is 2. The molecule has 0 aromatic heterocycles. The van der Waals surface area contributed by atoms with Gasteiger partial charge in [0.1, 0.15) is 0 Å². The minimum absolute atomic E-state index is 0. The van der Waals surface area contributed by atoms with E-state index >= 15 is 0 Å². The van der Waals surface area contributed by atoms with Gasteiger partial charge in [-0.3, -0.25) is 9.59 Å². The van der Waals surface area contributed by atoms with Crippen molar-refractivity contribution in [2.75, 3.05) is 5.32 Å². The molecule has 0 aliphatic carbocycles. The molecule has 0 radical (unpaired) electrons. The molecule has 1 atom stereocenters. The summed E-state index contributed by atoms with van der Waals surface area (Å²) >= 11 is 0. The van der Waals surface area contributed by atoms with Gasteiger partial charge in [-0.15, -0.1) is 12.4 Å². The molecule has 0 spiro atoms. The molecule has 4 nitrogen and oxygen atoms in total. The van der Waals surface area contributed by atoms with E-state index in [1.165, 1.54) is 0 Å². The first-order valence-electron chi connectivity index (χ1n) is 7.55. The van der Waals surface area contributed by atoms with Crippen molar-refractivity contribution < 1.29 is 9.59 Å². The first kappa shape index (κ1) is 19.9. The maximum atomic E-state index is 12.4. The average Bonchev–Trinajstić information content (AvgIpc) is 2.53. The number of carbonyl (C=O) groups is 2. The topological polar surface area (TPSA) is 72.2 Å². The fourth-order valence-electron chi connectivity index (χ4n) is 2.11. The van der Waals surface area contributed by atoms with Crippen LogP contribution in [-0.2, 0) is 4.79 Å². The lowest BCUT2D eigenvalue weighted by Gasteiger charge is -2.25. The van der Waals surface area contributed by atoms with Crippen LogP contribution in [-0.4, -0.2) is 17.7 Å². The van der Waals surface area contributed by atoms with E-state index in [1.807, 2.05) is 39.0 Å². The number of benzene rings is 2. The van der Waals surface area contributed by atoms with Crippen LogP contribution in [0.3, 0.4) is 0 Å². The second-order valence-electron chi connectivity index (χ2n) is 6.61. The maximum Gasteiger partial charge on any atom is 0.241 e. The van der Waals surface area contributed by atoms with E-state index in [9.17, 15) is 9.59 Å². The third-order valence-corrected chi connectivity index (χ3v) is 3.64. The van der Waals surface area contributed by atoms with Gasteiger partial charge in [-0.2, -0.15) is 0 Å². The summed E-state index contributed by atoms with van der Waals surface area (Å²) < 4.78 is 0. The Hall–Kier alpha value is -2.17. The molecule has 0 heterocycles. The van der Waals surface area contributed by atoms with E-state index < -0.39 is 6.04 Å². The lowest BCUT2D eigenvalue weighted by atomic mass is 9.87. The Morgan fingerprint density at radius 3 is 2.12 bits per heavy atom. The maximum absolute atomic E-state index is 12.4. The first-order chi connectivity index (χ1) is 10.8. The zero-order valence-corrected chi connectivity index (χ0v) is 14.9. The summed E-state index contributed by atoms with van der Waals surface area (Å²) in [6.45, 7) is 5.73. The zero-order chi connectivity index (χ0) is 17.0. The van der Waals surface area contributed by atoms with Gasteiger partial charge in [0.15, 0.2) is 5.78 Å². The predicted octanol–water partition coefficient (Wildman–Crippen LogP) is 3.65. The Kier molecular flexibility index (Phi) is 6.70. The molecule has 0 fully saturated rings. The zero-order valence-electron chi connectivity index (χ0n) is 14.1. The number of ketones is 1. The standard InChI is InChI=1S/C19H22N2O2.ClH/c1-19(2,3)17(20)18(23)21-15-11-7-10-14(12-15)16(22)13-8-5-4-6-9-13;/h4-12,17H,20H2,1-3H3,(H,21,23);1H/t17-;/m1./s1. The van der Waals surface area contributed by atoms with Gasteiger partial charge in [-0.25, -0.2) is 0 Å². The molecular formula is C19H23ClN2O2. The van der Waals surface area contributed by atoms with Gasteiger partial charge in [-0.05, 0) is 17.5 Å². The molecule has 0 saturated carbocycles. The summed E-state index contributed by atoms with van der Waals surface area (Å²) in [6, 6.07) is 15.3. The second kappa shape index (κ2) is 8.08. The molecule has 1 amide bonds. The molecule has 0 bridgehead atoms. The lowest BCUT2D eigenvalue weighted by Crippen LogP contribution is -2.45. The van der Waals surface area contributed by atoms with Crippen molar-refractivity contribution in [2.24, 2.45) is 11.1 Å². The van der Waals surface area contributed by atoms with Crippen LogP contribution >= 0.6 is 12.4 Å². The van der Waals surface area contributed by atoms with E-state index in [0.29, 0.717) is 16.8 Å². The quantitative estimate of drug-likeness (QED) is 0.830. The van der Waals surface area contributed by atoms with Crippen molar-refractivity contribution in [3.05, 3.63) is 65.7 Å². The fraction of sp³-hybridized carbons (Fsp3) is 0.263. The Morgan fingerprint density at radius 2 is 1.54 bits per heavy atom. The number of nitrogens with two attached hydrogens (primary N) is 1. The van der Waals surface area contributed by atoms with Crippen molar-refractivity contribution in [3.63, 3.8) is 0 Å². The first-order valence-corrected chi connectivity index (χ1v) is 7.55. The average molecular weight is 347 g/mol. The number of rotatable bonds is 4. The molecule has 0 unspecified atom stereocenters. The molecule has 2 rings (SSSR count). The summed E-state index contributed by atoms with van der Waals surface area (Å²) in [6.07, 6.45) is 0. The number of halogens is 1. The third kappa shape index (κ3) is 4.91. The predicted molar refractivity (Wildman–Crippen MR) is 99.6 cm³/mol. The lowest BCUT2D eigenvalue weighted by molar-refractivity contribution is -0.119. The van der Waals surface area contributed by atoms with Crippen LogP contribution in [0, 0.1) is 5.41 Å². The normalized spacial score (nSPS) is 12.0. The molecule has 0 aliphatic rings. The van der Waals surface area contributed by atoms with E-state index in [1.54, 1.807) is 36.4 Å². The number of hydrogen-bond donors (Lipinski definition) is 2.